The maximum absolute atomic E-state index is 8.35. The van der Waals surface area contributed by atoms with Crippen molar-refractivity contribution in [3.63, 3.8) is 0 Å². The Kier molecular flexibility index (Phi) is 4.88. The summed E-state index contributed by atoms with van der Waals surface area (Å²) in [4.78, 5) is 0. The fraction of sp³-hybridized carbons (Fsp3) is 1.00. The van der Waals surface area contributed by atoms with Gasteiger partial charge in [-0.25, -0.2) is 0 Å². The summed E-state index contributed by atoms with van der Waals surface area (Å²) in [5.74, 6) is 0.616. The van der Waals surface area contributed by atoms with Gasteiger partial charge in [0.15, 0.2) is 0 Å². The molecule has 1 atom stereocenters. The van der Waals surface area contributed by atoms with Gasteiger partial charge in [0.2, 0.25) is 0 Å². The van der Waals surface area contributed by atoms with E-state index in [2.05, 4.69) is 22.9 Å². The smallest absolute Gasteiger partial charge is 0.0433 e. The van der Waals surface area contributed by atoms with Crippen LogP contribution in [0.5, 0.6) is 0 Å². The highest BCUT2D eigenvalue weighted by Crippen LogP contribution is 2.02. The second-order valence-electron chi connectivity index (χ2n) is 1.77. The van der Waals surface area contributed by atoms with Crippen molar-refractivity contribution in [3.05, 3.63) is 0 Å². The summed E-state index contributed by atoms with van der Waals surface area (Å²) in [6.07, 6.45) is 0.908. The maximum atomic E-state index is 8.35. The molecule has 0 saturated heterocycles. The molecular weight excluding hydrogens is 156 g/mol. The lowest BCUT2D eigenvalue weighted by Crippen LogP contribution is -1.97. The summed E-state index contributed by atoms with van der Waals surface area (Å²) < 4.78 is 0. The van der Waals surface area contributed by atoms with E-state index in [0.29, 0.717) is 12.5 Å². The molecule has 0 radical (unpaired) electrons. The molecule has 0 fully saturated rings. The fourth-order valence-electron chi connectivity index (χ4n) is 0.298. The topological polar surface area (TPSA) is 20.2 Å². The molecule has 7 heavy (non-hydrogen) atoms. The Morgan fingerprint density at radius 3 is 2.43 bits per heavy atom. The van der Waals surface area contributed by atoms with Crippen molar-refractivity contribution in [2.75, 3.05) is 11.9 Å². The van der Waals surface area contributed by atoms with E-state index in [1.165, 1.54) is 0 Å². The van der Waals surface area contributed by atoms with E-state index in [1.54, 1.807) is 0 Å². The Balaban J connectivity index is 2.83. The van der Waals surface area contributed by atoms with Gasteiger partial charge in [0.25, 0.3) is 0 Å². The molecule has 44 valence electrons. The minimum atomic E-state index is 0.312. The third-order valence-corrected chi connectivity index (χ3v) is 1.99. The minimum Gasteiger partial charge on any atom is -0.396 e. The van der Waals surface area contributed by atoms with Gasteiger partial charge < -0.3 is 5.11 Å². The molecule has 0 aliphatic heterocycles. The SMILES string of the molecule is C[C@H](CBr)CCO. The fourth-order valence-corrected chi connectivity index (χ4v) is 0.621. The van der Waals surface area contributed by atoms with Crippen LogP contribution in [0.1, 0.15) is 13.3 Å². The van der Waals surface area contributed by atoms with Crippen LogP contribution >= 0.6 is 15.9 Å². The van der Waals surface area contributed by atoms with Crippen LogP contribution in [0.2, 0.25) is 0 Å². The summed E-state index contributed by atoms with van der Waals surface area (Å²) in [6, 6.07) is 0. The van der Waals surface area contributed by atoms with Crippen LogP contribution in [-0.2, 0) is 0 Å². The molecule has 0 aromatic carbocycles. The van der Waals surface area contributed by atoms with E-state index >= 15 is 0 Å². The van der Waals surface area contributed by atoms with Crippen LogP contribution in [0.25, 0.3) is 0 Å². The number of rotatable bonds is 3. The number of aliphatic hydroxyl groups is 1. The van der Waals surface area contributed by atoms with Gasteiger partial charge in [-0.1, -0.05) is 22.9 Å². The molecule has 0 amide bonds. The van der Waals surface area contributed by atoms with Crippen molar-refractivity contribution in [1.29, 1.82) is 0 Å². The zero-order valence-corrected chi connectivity index (χ0v) is 6.11. The van der Waals surface area contributed by atoms with E-state index in [4.69, 9.17) is 5.11 Å². The van der Waals surface area contributed by atoms with Crippen molar-refractivity contribution in [3.8, 4) is 0 Å². The molecule has 0 unspecified atom stereocenters. The van der Waals surface area contributed by atoms with Gasteiger partial charge >= 0.3 is 0 Å². The Morgan fingerprint density at radius 2 is 2.29 bits per heavy atom. The zero-order valence-electron chi connectivity index (χ0n) is 4.52. The summed E-state index contributed by atoms with van der Waals surface area (Å²) in [7, 11) is 0. The molecule has 1 N–H and O–H groups in total. The van der Waals surface area contributed by atoms with Gasteiger partial charge in [-0.05, 0) is 12.3 Å². The number of aliphatic hydroxyl groups excluding tert-OH is 1. The summed E-state index contributed by atoms with van der Waals surface area (Å²) in [5, 5.41) is 9.34. The molecule has 0 aliphatic carbocycles. The third kappa shape index (κ3) is 4.29. The van der Waals surface area contributed by atoms with Gasteiger partial charge in [0.05, 0.1) is 0 Å². The average molecular weight is 167 g/mol. The average Bonchev–Trinajstić information content (AvgIpc) is 1.68. The molecule has 2 heteroatoms. The highest BCUT2D eigenvalue weighted by Gasteiger charge is 1.94. The molecule has 0 rings (SSSR count). The molecule has 0 aromatic rings. The van der Waals surface area contributed by atoms with Crippen LogP contribution in [-0.4, -0.2) is 17.0 Å². The van der Waals surface area contributed by atoms with Gasteiger partial charge in [-0.3, -0.25) is 0 Å². The zero-order chi connectivity index (χ0) is 5.70. The molecular formula is C5H11BrO. The van der Waals surface area contributed by atoms with Crippen molar-refractivity contribution >= 4 is 15.9 Å². The molecule has 0 bridgehead atoms. The van der Waals surface area contributed by atoms with Crippen LogP contribution < -0.4 is 0 Å². The summed E-state index contributed by atoms with van der Waals surface area (Å²) in [5.41, 5.74) is 0. The van der Waals surface area contributed by atoms with Crippen LogP contribution in [0.3, 0.4) is 0 Å². The number of alkyl halides is 1. The number of halogens is 1. The largest absolute Gasteiger partial charge is 0.396 e. The Bertz CT molecular complexity index is 39.1. The molecule has 0 saturated carbocycles. The van der Waals surface area contributed by atoms with Crippen LogP contribution in [0, 0.1) is 5.92 Å². The summed E-state index contributed by atoms with van der Waals surface area (Å²) >= 11 is 3.30. The minimum absolute atomic E-state index is 0.312. The molecule has 0 heterocycles. The highest BCUT2D eigenvalue weighted by atomic mass is 79.9. The lowest BCUT2D eigenvalue weighted by atomic mass is 10.1. The van der Waals surface area contributed by atoms with Crippen molar-refractivity contribution in [2.24, 2.45) is 5.92 Å². The standard InChI is InChI=1S/C5H11BrO/c1-5(4-6)2-3-7/h5,7H,2-4H2,1H3/t5-/m0/s1. The van der Waals surface area contributed by atoms with E-state index in [-0.39, 0.29) is 0 Å². The number of hydrogen-bond acceptors (Lipinski definition) is 1. The summed E-state index contributed by atoms with van der Waals surface area (Å²) in [6.45, 7) is 2.41. The third-order valence-electron chi connectivity index (χ3n) is 0.885. The van der Waals surface area contributed by atoms with Gasteiger partial charge in [-0.2, -0.15) is 0 Å². The first kappa shape index (κ1) is 7.44. The Labute approximate surface area is 52.9 Å². The van der Waals surface area contributed by atoms with E-state index in [9.17, 15) is 0 Å². The Morgan fingerprint density at radius 1 is 1.71 bits per heavy atom. The first-order valence-corrected chi connectivity index (χ1v) is 3.60. The quantitative estimate of drug-likeness (QED) is 0.630. The lowest BCUT2D eigenvalue weighted by Gasteiger charge is -2.00. The van der Waals surface area contributed by atoms with Crippen molar-refractivity contribution < 1.29 is 5.11 Å². The predicted molar refractivity (Wildman–Crippen MR) is 34.7 cm³/mol. The monoisotopic (exact) mass is 166 g/mol. The number of hydrogen-bond donors (Lipinski definition) is 1. The normalized spacial score (nSPS) is 14.1. The molecule has 0 spiro atoms. The van der Waals surface area contributed by atoms with Crippen molar-refractivity contribution in [1.82, 2.24) is 0 Å². The first-order valence-electron chi connectivity index (χ1n) is 2.48. The molecule has 0 aromatic heterocycles. The molecule has 1 nitrogen and oxygen atoms in total. The highest BCUT2D eigenvalue weighted by molar-refractivity contribution is 9.09. The lowest BCUT2D eigenvalue weighted by molar-refractivity contribution is 0.269. The van der Waals surface area contributed by atoms with Crippen LogP contribution in [0.4, 0.5) is 0 Å². The van der Waals surface area contributed by atoms with Gasteiger partial charge in [-0.15, -0.1) is 0 Å². The van der Waals surface area contributed by atoms with E-state index < -0.39 is 0 Å². The first-order chi connectivity index (χ1) is 3.31. The van der Waals surface area contributed by atoms with Crippen LogP contribution in [0.15, 0.2) is 0 Å². The van der Waals surface area contributed by atoms with E-state index in [0.717, 1.165) is 11.8 Å². The van der Waals surface area contributed by atoms with Gasteiger partial charge in [0, 0.05) is 11.9 Å². The maximum Gasteiger partial charge on any atom is 0.0433 e. The molecule has 0 aliphatic rings. The van der Waals surface area contributed by atoms with E-state index in [1.807, 2.05) is 0 Å². The second kappa shape index (κ2) is 4.60. The Hall–Kier alpha value is 0.440. The second-order valence-corrected chi connectivity index (χ2v) is 2.42. The predicted octanol–water partition coefficient (Wildman–Crippen LogP) is 1.40. The van der Waals surface area contributed by atoms with Crippen molar-refractivity contribution in [2.45, 2.75) is 13.3 Å². The van der Waals surface area contributed by atoms with Gasteiger partial charge in [0.1, 0.15) is 0 Å².